The second-order valence-corrected chi connectivity index (χ2v) is 6.85. The Morgan fingerprint density at radius 1 is 1.00 bits per heavy atom. The van der Waals surface area contributed by atoms with E-state index in [1.807, 2.05) is 0 Å². The summed E-state index contributed by atoms with van der Waals surface area (Å²) in [5.41, 5.74) is -0.672. The van der Waals surface area contributed by atoms with Crippen LogP contribution in [-0.2, 0) is 0 Å². The van der Waals surface area contributed by atoms with E-state index in [-0.39, 0.29) is 27.7 Å². The molecule has 0 spiro atoms. The summed E-state index contributed by atoms with van der Waals surface area (Å²) in [7, 11) is 0.820. The summed E-state index contributed by atoms with van der Waals surface area (Å²) >= 11 is 6.00. The van der Waals surface area contributed by atoms with Gasteiger partial charge in [0.15, 0.2) is 23.0 Å². The first kappa shape index (κ1) is 21.6. The molecule has 0 saturated heterocycles. The molecule has 4 aromatic rings. The number of rotatable bonds is 4. The fraction of sp³-hybridized carbons (Fsp3) is 0.0476. The second kappa shape index (κ2) is 8.12. The number of nitrogens with one attached hydrogen (secondary N) is 1. The standard InChI is InChI=1S/C21H10ClF5N2O3/c1-31-19-17(26)15(24)14(16(25)18(19)27)20(30)28-9-3-5-13-12(7-9)29-21(32-13)10-4-2-8(23)6-11(10)22/h2-7H,1H3,(H,28,30). The number of carbonyl (C=O) groups is 1. The summed E-state index contributed by atoms with van der Waals surface area (Å²) in [5, 5.41) is 2.20. The van der Waals surface area contributed by atoms with E-state index in [2.05, 4.69) is 15.0 Å². The third-order valence-corrected chi connectivity index (χ3v) is 4.77. The normalized spacial score (nSPS) is 11.1. The van der Waals surface area contributed by atoms with Crippen molar-refractivity contribution >= 4 is 34.3 Å². The molecule has 5 nitrogen and oxygen atoms in total. The fourth-order valence-corrected chi connectivity index (χ4v) is 3.22. The van der Waals surface area contributed by atoms with Crippen molar-refractivity contribution in [2.24, 2.45) is 0 Å². The highest BCUT2D eigenvalue weighted by Crippen LogP contribution is 2.33. The number of anilines is 1. The number of carbonyl (C=O) groups excluding carboxylic acids is 1. The molecule has 0 fully saturated rings. The molecule has 0 aliphatic carbocycles. The summed E-state index contributed by atoms with van der Waals surface area (Å²) in [6, 6.07) is 7.60. The first-order valence-electron chi connectivity index (χ1n) is 8.78. The van der Waals surface area contributed by atoms with Crippen molar-refractivity contribution in [1.29, 1.82) is 0 Å². The monoisotopic (exact) mass is 468 g/mol. The Kier molecular flexibility index (Phi) is 5.47. The van der Waals surface area contributed by atoms with Crippen LogP contribution in [0.15, 0.2) is 40.8 Å². The number of amides is 1. The number of halogens is 6. The van der Waals surface area contributed by atoms with Crippen LogP contribution in [0.4, 0.5) is 27.6 Å². The Morgan fingerprint density at radius 2 is 1.69 bits per heavy atom. The minimum Gasteiger partial charge on any atom is -0.491 e. The highest BCUT2D eigenvalue weighted by atomic mass is 35.5. The molecule has 1 heterocycles. The SMILES string of the molecule is COc1c(F)c(F)c(C(=O)Nc2ccc3oc(-c4ccc(F)cc4Cl)nc3c2)c(F)c1F. The Balaban J connectivity index is 1.68. The zero-order valence-corrected chi connectivity index (χ0v) is 16.7. The van der Waals surface area contributed by atoms with Gasteiger partial charge in [-0.1, -0.05) is 11.6 Å². The van der Waals surface area contributed by atoms with E-state index in [0.717, 1.165) is 19.2 Å². The van der Waals surface area contributed by atoms with Gasteiger partial charge in [0.2, 0.25) is 17.5 Å². The summed E-state index contributed by atoms with van der Waals surface area (Å²) in [5.74, 6) is -10.7. The van der Waals surface area contributed by atoms with Gasteiger partial charge in [0.25, 0.3) is 5.91 Å². The highest BCUT2D eigenvalue weighted by Gasteiger charge is 2.30. The van der Waals surface area contributed by atoms with Crippen LogP contribution in [0.3, 0.4) is 0 Å². The van der Waals surface area contributed by atoms with Crippen LogP contribution in [0.5, 0.6) is 5.75 Å². The number of hydrogen-bond acceptors (Lipinski definition) is 4. The second-order valence-electron chi connectivity index (χ2n) is 6.44. The van der Waals surface area contributed by atoms with E-state index in [4.69, 9.17) is 16.0 Å². The lowest BCUT2D eigenvalue weighted by Crippen LogP contribution is -2.18. The third-order valence-electron chi connectivity index (χ3n) is 4.46. The molecule has 0 saturated carbocycles. The van der Waals surface area contributed by atoms with Gasteiger partial charge in [-0.05, 0) is 36.4 Å². The lowest BCUT2D eigenvalue weighted by Gasteiger charge is -2.11. The van der Waals surface area contributed by atoms with E-state index in [1.165, 1.54) is 24.3 Å². The maximum atomic E-state index is 14.2. The van der Waals surface area contributed by atoms with Crippen LogP contribution in [-0.4, -0.2) is 18.0 Å². The number of ether oxygens (including phenoxy) is 1. The number of hydrogen-bond donors (Lipinski definition) is 1. The van der Waals surface area contributed by atoms with Gasteiger partial charge in [-0.2, -0.15) is 8.78 Å². The Hall–Kier alpha value is -3.66. The van der Waals surface area contributed by atoms with Gasteiger partial charge in [0.05, 0.1) is 17.7 Å². The quantitative estimate of drug-likeness (QED) is 0.290. The number of aromatic nitrogens is 1. The third kappa shape index (κ3) is 3.62. The Morgan fingerprint density at radius 3 is 2.31 bits per heavy atom. The van der Waals surface area contributed by atoms with Crippen molar-refractivity contribution in [2.75, 3.05) is 12.4 Å². The highest BCUT2D eigenvalue weighted by molar-refractivity contribution is 6.33. The van der Waals surface area contributed by atoms with Gasteiger partial charge in [-0.3, -0.25) is 4.79 Å². The molecular formula is C21H10ClF5N2O3. The van der Waals surface area contributed by atoms with Crippen LogP contribution in [0, 0.1) is 29.1 Å². The van der Waals surface area contributed by atoms with Crippen LogP contribution in [0.1, 0.15) is 10.4 Å². The molecule has 0 aliphatic rings. The molecule has 32 heavy (non-hydrogen) atoms. The summed E-state index contributed by atoms with van der Waals surface area (Å²) in [6.45, 7) is 0. The topological polar surface area (TPSA) is 64.4 Å². The average Bonchev–Trinajstić information content (AvgIpc) is 3.16. The van der Waals surface area contributed by atoms with Crippen molar-refractivity contribution in [2.45, 2.75) is 0 Å². The first-order valence-corrected chi connectivity index (χ1v) is 9.16. The zero-order chi connectivity index (χ0) is 23.2. The number of methoxy groups -OCH3 is 1. The molecule has 11 heteroatoms. The number of fused-ring (bicyclic) bond motifs is 1. The summed E-state index contributed by atoms with van der Waals surface area (Å²) in [4.78, 5) is 16.5. The molecule has 0 radical (unpaired) electrons. The minimum absolute atomic E-state index is 0.00277. The van der Waals surface area contributed by atoms with Crippen LogP contribution in [0.2, 0.25) is 5.02 Å². The van der Waals surface area contributed by atoms with Crippen molar-refractivity contribution in [3.05, 3.63) is 76.1 Å². The van der Waals surface area contributed by atoms with E-state index in [0.29, 0.717) is 5.56 Å². The average molecular weight is 469 g/mol. The lowest BCUT2D eigenvalue weighted by molar-refractivity contribution is 0.101. The zero-order valence-electron chi connectivity index (χ0n) is 15.9. The van der Waals surface area contributed by atoms with Crippen molar-refractivity contribution in [3.8, 4) is 17.2 Å². The maximum absolute atomic E-state index is 14.2. The van der Waals surface area contributed by atoms with E-state index in [1.54, 1.807) is 0 Å². The van der Waals surface area contributed by atoms with Gasteiger partial charge >= 0.3 is 0 Å². The molecule has 0 aliphatic heterocycles. The molecule has 1 N–H and O–H groups in total. The largest absolute Gasteiger partial charge is 0.491 e. The molecule has 0 bridgehead atoms. The number of benzene rings is 3. The predicted molar refractivity (Wildman–Crippen MR) is 105 cm³/mol. The van der Waals surface area contributed by atoms with Gasteiger partial charge in [-0.25, -0.2) is 18.2 Å². The molecule has 3 aromatic carbocycles. The van der Waals surface area contributed by atoms with E-state index >= 15 is 0 Å². The maximum Gasteiger partial charge on any atom is 0.261 e. The number of nitrogens with zero attached hydrogens (tertiary/aromatic N) is 1. The first-order chi connectivity index (χ1) is 15.2. The van der Waals surface area contributed by atoms with Crippen molar-refractivity contribution < 1.29 is 35.9 Å². The van der Waals surface area contributed by atoms with Gasteiger partial charge in [0.1, 0.15) is 16.9 Å². The Labute approximate surface area is 181 Å². The molecular weight excluding hydrogens is 459 g/mol. The molecule has 0 atom stereocenters. The fourth-order valence-electron chi connectivity index (χ4n) is 2.97. The van der Waals surface area contributed by atoms with Crippen LogP contribution < -0.4 is 10.1 Å². The van der Waals surface area contributed by atoms with Gasteiger partial charge in [0, 0.05) is 5.69 Å². The molecule has 0 unspecified atom stereocenters. The number of oxazole rings is 1. The molecule has 1 aromatic heterocycles. The molecule has 4 rings (SSSR count). The van der Waals surface area contributed by atoms with Crippen LogP contribution >= 0.6 is 11.6 Å². The predicted octanol–water partition coefficient (Wildman–Crippen LogP) is 6.10. The lowest BCUT2D eigenvalue weighted by atomic mass is 10.1. The minimum atomic E-state index is -1.91. The summed E-state index contributed by atoms with van der Waals surface area (Å²) < 4.78 is 79.2. The van der Waals surface area contributed by atoms with Gasteiger partial charge in [-0.15, -0.1) is 0 Å². The van der Waals surface area contributed by atoms with Gasteiger partial charge < -0.3 is 14.5 Å². The summed E-state index contributed by atoms with van der Waals surface area (Å²) in [6.07, 6.45) is 0. The molecule has 1 amide bonds. The van der Waals surface area contributed by atoms with E-state index in [9.17, 15) is 26.7 Å². The van der Waals surface area contributed by atoms with Crippen molar-refractivity contribution in [3.63, 3.8) is 0 Å². The van der Waals surface area contributed by atoms with Crippen LogP contribution in [0.25, 0.3) is 22.6 Å². The van der Waals surface area contributed by atoms with E-state index < -0.39 is 46.3 Å². The van der Waals surface area contributed by atoms with Crippen molar-refractivity contribution in [1.82, 2.24) is 4.98 Å². The smallest absolute Gasteiger partial charge is 0.261 e. The Bertz CT molecular complexity index is 1360. The molecule has 164 valence electrons.